The van der Waals surface area contributed by atoms with E-state index in [9.17, 15) is 4.79 Å². The highest BCUT2D eigenvalue weighted by atomic mass is 16.2. The van der Waals surface area contributed by atoms with Crippen molar-refractivity contribution in [3.63, 3.8) is 0 Å². The first-order valence-electron chi connectivity index (χ1n) is 9.21. The summed E-state index contributed by atoms with van der Waals surface area (Å²) < 4.78 is 3.79. The lowest BCUT2D eigenvalue weighted by Gasteiger charge is -2.32. The lowest BCUT2D eigenvalue weighted by atomic mass is 9.97. The summed E-state index contributed by atoms with van der Waals surface area (Å²) in [5.74, 6) is 2.11. The number of piperidine rings is 1. The molecule has 1 amide bonds. The van der Waals surface area contributed by atoms with Gasteiger partial charge in [-0.05, 0) is 57.3 Å². The van der Waals surface area contributed by atoms with Gasteiger partial charge in [0.1, 0.15) is 18.2 Å². The van der Waals surface area contributed by atoms with Crippen molar-refractivity contribution in [1.29, 1.82) is 0 Å². The lowest BCUT2D eigenvalue weighted by Crippen LogP contribution is -2.41. The SMILES string of the molecule is Cc1nnnn1CC(=O)N1CCC[C@H](c2nccn2CCCN(C)C)C1. The fourth-order valence-corrected chi connectivity index (χ4v) is 3.46. The first-order chi connectivity index (χ1) is 12.5. The van der Waals surface area contributed by atoms with E-state index in [1.54, 1.807) is 11.6 Å². The number of imidazole rings is 1. The van der Waals surface area contributed by atoms with E-state index in [0.29, 0.717) is 12.4 Å². The number of tetrazole rings is 1. The lowest BCUT2D eigenvalue weighted by molar-refractivity contribution is -0.133. The molecule has 1 atom stereocenters. The van der Waals surface area contributed by atoms with E-state index in [1.807, 2.05) is 11.1 Å². The number of amides is 1. The van der Waals surface area contributed by atoms with Crippen LogP contribution >= 0.6 is 0 Å². The minimum Gasteiger partial charge on any atom is -0.340 e. The minimum atomic E-state index is 0.0656. The Balaban J connectivity index is 1.61. The molecule has 9 nitrogen and oxygen atoms in total. The molecule has 9 heteroatoms. The summed E-state index contributed by atoms with van der Waals surface area (Å²) in [7, 11) is 4.18. The zero-order valence-corrected chi connectivity index (χ0v) is 15.9. The van der Waals surface area contributed by atoms with Crippen LogP contribution in [-0.4, -0.2) is 79.2 Å². The van der Waals surface area contributed by atoms with Crippen LogP contribution in [0.25, 0.3) is 0 Å². The summed E-state index contributed by atoms with van der Waals surface area (Å²) in [6.45, 7) is 5.52. The van der Waals surface area contributed by atoms with Gasteiger partial charge in [-0.1, -0.05) is 0 Å². The van der Waals surface area contributed by atoms with Crippen LogP contribution < -0.4 is 0 Å². The molecule has 2 aromatic heterocycles. The molecule has 2 aromatic rings. The Morgan fingerprint density at radius 2 is 2.23 bits per heavy atom. The number of rotatable bonds is 7. The van der Waals surface area contributed by atoms with E-state index in [0.717, 1.165) is 44.7 Å². The Kier molecular flexibility index (Phi) is 5.97. The second-order valence-corrected chi connectivity index (χ2v) is 7.20. The van der Waals surface area contributed by atoms with Crippen molar-refractivity contribution in [2.45, 2.75) is 45.2 Å². The highest BCUT2D eigenvalue weighted by Crippen LogP contribution is 2.26. The van der Waals surface area contributed by atoms with Crippen LogP contribution in [0.4, 0.5) is 0 Å². The minimum absolute atomic E-state index is 0.0656. The molecule has 142 valence electrons. The smallest absolute Gasteiger partial charge is 0.244 e. The van der Waals surface area contributed by atoms with Crippen molar-refractivity contribution >= 4 is 5.91 Å². The van der Waals surface area contributed by atoms with Crippen LogP contribution in [0.2, 0.25) is 0 Å². The number of hydrogen-bond acceptors (Lipinski definition) is 6. The predicted octanol–water partition coefficient (Wildman–Crippen LogP) is 0.536. The number of carbonyl (C=O) groups is 1. The third kappa shape index (κ3) is 4.46. The molecule has 0 spiro atoms. The van der Waals surface area contributed by atoms with Gasteiger partial charge >= 0.3 is 0 Å². The zero-order valence-electron chi connectivity index (χ0n) is 15.9. The molecule has 1 fully saturated rings. The maximum absolute atomic E-state index is 12.6. The molecule has 3 heterocycles. The van der Waals surface area contributed by atoms with Crippen LogP contribution in [-0.2, 0) is 17.9 Å². The van der Waals surface area contributed by atoms with Crippen molar-refractivity contribution in [2.75, 3.05) is 33.7 Å². The second-order valence-electron chi connectivity index (χ2n) is 7.20. The van der Waals surface area contributed by atoms with Crippen LogP contribution in [0, 0.1) is 6.92 Å². The largest absolute Gasteiger partial charge is 0.340 e. The number of carbonyl (C=O) groups excluding carboxylic acids is 1. The zero-order chi connectivity index (χ0) is 18.5. The van der Waals surface area contributed by atoms with Crippen molar-refractivity contribution in [3.8, 4) is 0 Å². The highest BCUT2D eigenvalue weighted by Gasteiger charge is 2.27. The standard InChI is InChI=1S/C17H28N8O/c1-14-19-20-21-25(14)13-16(26)24-9-4-6-15(12-24)17-18-7-11-23(17)10-5-8-22(2)3/h7,11,15H,4-6,8-10,12-13H2,1-3H3/t15-/m0/s1. The fraction of sp³-hybridized carbons (Fsp3) is 0.706. The summed E-state index contributed by atoms with van der Waals surface area (Å²) in [5.41, 5.74) is 0. The van der Waals surface area contributed by atoms with Gasteiger partial charge < -0.3 is 14.4 Å². The second kappa shape index (κ2) is 8.39. The van der Waals surface area contributed by atoms with Gasteiger partial charge in [-0.25, -0.2) is 9.67 Å². The monoisotopic (exact) mass is 360 g/mol. The average Bonchev–Trinajstić information content (AvgIpc) is 3.24. The van der Waals surface area contributed by atoms with Gasteiger partial charge in [0.05, 0.1) is 0 Å². The average molecular weight is 360 g/mol. The fourth-order valence-electron chi connectivity index (χ4n) is 3.46. The summed E-state index contributed by atoms with van der Waals surface area (Å²) in [6, 6.07) is 0. The van der Waals surface area contributed by atoms with E-state index in [2.05, 4.69) is 50.3 Å². The number of hydrogen-bond donors (Lipinski definition) is 0. The topological polar surface area (TPSA) is 85.0 Å². The molecule has 1 saturated heterocycles. The molecular weight excluding hydrogens is 332 g/mol. The molecule has 26 heavy (non-hydrogen) atoms. The van der Waals surface area contributed by atoms with Gasteiger partial charge in [-0.15, -0.1) is 5.10 Å². The molecular formula is C17H28N8O. The van der Waals surface area contributed by atoms with Crippen molar-refractivity contribution < 1.29 is 4.79 Å². The maximum atomic E-state index is 12.6. The number of nitrogens with zero attached hydrogens (tertiary/aromatic N) is 8. The van der Waals surface area contributed by atoms with E-state index in [1.165, 1.54) is 0 Å². The van der Waals surface area contributed by atoms with Crippen molar-refractivity contribution in [2.24, 2.45) is 0 Å². The third-order valence-electron chi connectivity index (χ3n) is 4.89. The first-order valence-corrected chi connectivity index (χ1v) is 9.21. The Labute approximate surface area is 154 Å². The number of likely N-dealkylation sites (tertiary alicyclic amines) is 1. The van der Waals surface area contributed by atoms with Crippen LogP contribution in [0.15, 0.2) is 12.4 Å². The molecule has 1 aliphatic heterocycles. The van der Waals surface area contributed by atoms with E-state index < -0.39 is 0 Å². The van der Waals surface area contributed by atoms with Gasteiger partial charge in [0.25, 0.3) is 0 Å². The van der Waals surface area contributed by atoms with Gasteiger partial charge in [-0.2, -0.15) is 0 Å². The molecule has 0 bridgehead atoms. The third-order valence-corrected chi connectivity index (χ3v) is 4.89. The summed E-state index contributed by atoms with van der Waals surface area (Å²) in [6.07, 6.45) is 7.07. The molecule has 0 N–H and O–H groups in total. The predicted molar refractivity (Wildman–Crippen MR) is 96.5 cm³/mol. The highest BCUT2D eigenvalue weighted by molar-refractivity contribution is 5.76. The van der Waals surface area contributed by atoms with Crippen molar-refractivity contribution in [3.05, 3.63) is 24.0 Å². The van der Waals surface area contributed by atoms with Gasteiger partial charge in [0.2, 0.25) is 5.91 Å². The molecule has 0 unspecified atom stereocenters. The molecule has 0 aromatic carbocycles. The normalized spacial score (nSPS) is 17.8. The van der Waals surface area contributed by atoms with Crippen LogP contribution in [0.1, 0.15) is 36.8 Å². The molecule has 3 rings (SSSR count). The molecule has 0 saturated carbocycles. The maximum Gasteiger partial charge on any atom is 0.244 e. The summed E-state index contributed by atoms with van der Waals surface area (Å²) >= 11 is 0. The number of aryl methyl sites for hydroxylation is 2. The quantitative estimate of drug-likeness (QED) is 0.716. The Morgan fingerprint density at radius 1 is 1.38 bits per heavy atom. The Bertz CT molecular complexity index is 722. The molecule has 1 aliphatic rings. The number of aromatic nitrogens is 6. The van der Waals surface area contributed by atoms with Crippen molar-refractivity contribution in [1.82, 2.24) is 39.6 Å². The summed E-state index contributed by atoms with van der Waals surface area (Å²) in [4.78, 5) is 21.4. The van der Waals surface area contributed by atoms with E-state index in [-0.39, 0.29) is 18.4 Å². The van der Waals surface area contributed by atoms with E-state index in [4.69, 9.17) is 0 Å². The summed E-state index contributed by atoms with van der Waals surface area (Å²) in [5, 5.41) is 11.3. The van der Waals surface area contributed by atoms with Crippen LogP contribution in [0.5, 0.6) is 0 Å². The Hall–Kier alpha value is -2.29. The van der Waals surface area contributed by atoms with E-state index >= 15 is 0 Å². The Morgan fingerprint density at radius 3 is 2.96 bits per heavy atom. The van der Waals surface area contributed by atoms with Gasteiger partial charge in [0.15, 0.2) is 0 Å². The molecule has 0 aliphatic carbocycles. The van der Waals surface area contributed by atoms with Gasteiger partial charge in [0, 0.05) is 37.9 Å². The first kappa shape index (κ1) is 18.5. The van der Waals surface area contributed by atoms with Crippen LogP contribution in [0.3, 0.4) is 0 Å². The van der Waals surface area contributed by atoms with Gasteiger partial charge in [-0.3, -0.25) is 4.79 Å². The molecule has 0 radical (unpaired) electrons.